The van der Waals surface area contributed by atoms with Crippen LogP contribution >= 0.6 is 22.9 Å². The Labute approximate surface area is 335 Å². The van der Waals surface area contributed by atoms with Crippen molar-refractivity contribution in [3.8, 4) is 22.9 Å². The summed E-state index contributed by atoms with van der Waals surface area (Å²) in [4.78, 5) is 65.5. The molecule has 16 heteroatoms. The number of rotatable bonds is 13. The molecule has 3 amide bonds. The number of ether oxygens (including phenoxy) is 3. The number of nitrogens with zero attached hydrogens (tertiary/aromatic N) is 3. The topological polar surface area (TPSA) is 181 Å². The Morgan fingerprint density at radius 1 is 1.07 bits per heavy atom. The second-order valence-electron chi connectivity index (χ2n) is 17.1. The van der Waals surface area contributed by atoms with Gasteiger partial charge in [0.25, 0.3) is 0 Å². The fourth-order valence-electron chi connectivity index (χ4n) is 8.31. The van der Waals surface area contributed by atoms with E-state index in [9.17, 15) is 24.3 Å². The average molecular weight is 811 g/mol. The lowest BCUT2D eigenvalue weighted by molar-refractivity contribution is -0.146. The minimum absolute atomic E-state index is 0.0152. The number of aromatic nitrogens is 2. The number of fused-ring (bicyclic) bond motifs is 2. The van der Waals surface area contributed by atoms with Gasteiger partial charge in [-0.1, -0.05) is 57.1 Å². The Kier molecular flexibility index (Phi) is 10.8. The molecule has 1 aromatic carbocycles. The number of aliphatic carboxylic acids is 1. The predicted octanol–water partition coefficient (Wildman–Crippen LogP) is 6.50. The van der Waals surface area contributed by atoms with Gasteiger partial charge in [0.05, 0.1) is 24.9 Å². The highest BCUT2D eigenvalue weighted by atomic mass is 35.5. The van der Waals surface area contributed by atoms with E-state index in [4.69, 9.17) is 35.8 Å². The van der Waals surface area contributed by atoms with Crippen LogP contribution in [0.25, 0.3) is 22.3 Å². The molecule has 1 unspecified atom stereocenters. The minimum Gasteiger partial charge on any atom is -0.497 e. The highest BCUT2D eigenvalue weighted by molar-refractivity contribution is 7.20. The first-order valence-electron chi connectivity index (χ1n) is 19.4. The van der Waals surface area contributed by atoms with E-state index in [1.165, 1.54) is 22.7 Å². The number of nitrogens with one attached hydrogen (secondary N) is 3. The highest BCUT2D eigenvalue weighted by Gasteiger charge is 2.61. The number of pyridine rings is 1. The van der Waals surface area contributed by atoms with E-state index >= 15 is 0 Å². The SMILES string of the molecule is CC[C@@H]1C[C@]1(NC(=O)[C@@H]1C[C@@H](Oc2cc(-c3nc(NC(C)C)sc3Cl)nc3cc(OC)ccc23)CN1C(=O)C(NC(=O)O[C@@H]1C[C@@H]2C[C@@H]2C1)C(C)(C)C)C(=O)O. The number of carbonyl (C=O) groups excluding carboxylic acids is 3. The number of benzene rings is 1. The van der Waals surface area contributed by atoms with Crippen LogP contribution in [0.15, 0.2) is 24.3 Å². The molecule has 1 saturated heterocycles. The van der Waals surface area contributed by atoms with Crippen molar-refractivity contribution in [3.05, 3.63) is 28.6 Å². The molecule has 2 aromatic heterocycles. The number of carboxylic acids is 1. The molecule has 1 aliphatic heterocycles. The number of hydrogen-bond acceptors (Lipinski definition) is 11. The molecule has 3 aliphatic carbocycles. The second-order valence-corrected chi connectivity index (χ2v) is 18.7. The third kappa shape index (κ3) is 8.07. The van der Waals surface area contributed by atoms with Gasteiger partial charge in [-0.2, -0.15) is 0 Å². The van der Waals surface area contributed by atoms with Crippen molar-refractivity contribution in [3.63, 3.8) is 0 Å². The molecule has 302 valence electrons. The second kappa shape index (κ2) is 15.2. The molecular formula is C40H51ClN6O8S. The number of likely N-dealkylation sites (tertiary alicyclic amines) is 1. The van der Waals surface area contributed by atoms with E-state index in [1.807, 2.05) is 47.6 Å². The maximum absolute atomic E-state index is 14.7. The lowest BCUT2D eigenvalue weighted by atomic mass is 9.85. The van der Waals surface area contributed by atoms with Gasteiger partial charge in [0.2, 0.25) is 11.8 Å². The summed E-state index contributed by atoms with van der Waals surface area (Å²) in [7, 11) is 1.56. The lowest BCUT2D eigenvalue weighted by Gasteiger charge is -2.35. The predicted molar refractivity (Wildman–Crippen MR) is 212 cm³/mol. The number of anilines is 1. The van der Waals surface area contributed by atoms with Crippen LogP contribution in [0, 0.1) is 23.2 Å². The van der Waals surface area contributed by atoms with Crippen LogP contribution in [0.5, 0.6) is 11.5 Å². The van der Waals surface area contributed by atoms with Crippen molar-refractivity contribution in [1.29, 1.82) is 0 Å². The standard InChI is InChI=1S/C40H51ClN6O8S/c1-8-22-17-40(22,36(50)51)46-34(48)29-15-25(18-47(29)35(49)32(39(4,5)6)45-38(52)55-24-12-20-11-21(20)13-24)54-30-16-28(31-33(41)56-37(44-31)42-19(2)3)43-27-14-23(53-7)9-10-26(27)30/h9-10,14,16,19-22,24-25,29,32H,8,11-13,15,17-18H2,1-7H3,(H,42,44)(H,45,52)(H,46,48)(H,50,51)/t20-,21+,22-,24+,25-,29+,32?,40-/m1/s1. The van der Waals surface area contributed by atoms with E-state index in [0.717, 1.165) is 12.8 Å². The fraction of sp³-hybridized carbons (Fsp3) is 0.600. The lowest BCUT2D eigenvalue weighted by Crippen LogP contribution is -2.59. The van der Waals surface area contributed by atoms with Crippen LogP contribution in [0.2, 0.25) is 4.34 Å². The number of amides is 3. The molecule has 56 heavy (non-hydrogen) atoms. The summed E-state index contributed by atoms with van der Waals surface area (Å²) in [6, 6.07) is 5.12. The maximum atomic E-state index is 14.7. The normalized spacial score (nSPS) is 27.1. The zero-order valence-electron chi connectivity index (χ0n) is 32.8. The molecule has 3 aromatic rings. The average Bonchev–Trinajstić information content (AvgIpc) is 3.86. The summed E-state index contributed by atoms with van der Waals surface area (Å²) in [6.07, 6.45) is 2.19. The Balaban J connectivity index is 1.20. The number of carbonyl (C=O) groups is 4. The van der Waals surface area contributed by atoms with Crippen molar-refractivity contribution < 1.29 is 38.5 Å². The van der Waals surface area contributed by atoms with Gasteiger partial charge < -0.3 is 40.2 Å². The third-order valence-electron chi connectivity index (χ3n) is 11.5. The van der Waals surface area contributed by atoms with Gasteiger partial charge in [-0.25, -0.2) is 19.6 Å². The Hall–Kier alpha value is -4.37. The highest BCUT2D eigenvalue weighted by Crippen LogP contribution is 2.52. The molecule has 8 atom stereocenters. The number of hydrogen-bond donors (Lipinski definition) is 4. The van der Waals surface area contributed by atoms with Gasteiger partial charge >= 0.3 is 12.1 Å². The zero-order chi connectivity index (χ0) is 40.3. The van der Waals surface area contributed by atoms with Gasteiger partial charge in [0.15, 0.2) is 5.13 Å². The first-order chi connectivity index (χ1) is 26.5. The van der Waals surface area contributed by atoms with E-state index in [1.54, 1.807) is 25.3 Å². The Morgan fingerprint density at radius 2 is 1.80 bits per heavy atom. The van der Waals surface area contributed by atoms with E-state index < -0.39 is 53.0 Å². The first-order valence-corrected chi connectivity index (χ1v) is 20.6. The number of methoxy groups -OCH3 is 1. The number of alkyl carbamates (subject to hydrolysis) is 1. The molecule has 0 bridgehead atoms. The number of thiazole rings is 1. The van der Waals surface area contributed by atoms with E-state index in [2.05, 4.69) is 16.0 Å². The maximum Gasteiger partial charge on any atom is 0.408 e. The molecule has 4 aliphatic rings. The molecule has 14 nitrogen and oxygen atoms in total. The van der Waals surface area contributed by atoms with Crippen molar-refractivity contribution in [2.75, 3.05) is 19.0 Å². The largest absolute Gasteiger partial charge is 0.497 e. The van der Waals surface area contributed by atoms with Gasteiger partial charge in [-0.05, 0) is 74.8 Å². The van der Waals surface area contributed by atoms with Crippen LogP contribution < -0.4 is 25.4 Å². The number of halogens is 1. The third-order valence-corrected chi connectivity index (χ3v) is 12.7. The van der Waals surface area contributed by atoms with Gasteiger partial charge in [-0.3, -0.25) is 9.59 Å². The molecule has 3 heterocycles. The number of carboxylic acid groups (broad SMARTS) is 1. The van der Waals surface area contributed by atoms with Crippen molar-refractivity contribution in [1.82, 2.24) is 25.5 Å². The van der Waals surface area contributed by atoms with Crippen LogP contribution in [0.1, 0.15) is 80.1 Å². The fourth-order valence-corrected chi connectivity index (χ4v) is 9.52. The molecule has 4 fully saturated rings. The first kappa shape index (κ1) is 39.8. The van der Waals surface area contributed by atoms with Crippen LogP contribution in [-0.2, 0) is 19.1 Å². The van der Waals surface area contributed by atoms with Crippen LogP contribution in [0.4, 0.5) is 9.93 Å². The van der Waals surface area contributed by atoms with Crippen molar-refractivity contribution >= 4 is 62.8 Å². The minimum atomic E-state index is -1.40. The monoisotopic (exact) mass is 810 g/mol. The summed E-state index contributed by atoms with van der Waals surface area (Å²) in [5.41, 5.74) is -0.706. The molecule has 0 radical (unpaired) electrons. The summed E-state index contributed by atoms with van der Waals surface area (Å²) < 4.78 is 18.4. The van der Waals surface area contributed by atoms with Crippen molar-refractivity contribution in [2.24, 2.45) is 23.2 Å². The van der Waals surface area contributed by atoms with Gasteiger partial charge in [-0.15, -0.1) is 0 Å². The molecular weight excluding hydrogens is 760 g/mol. The quantitative estimate of drug-likeness (QED) is 0.148. The Morgan fingerprint density at radius 3 is 2.43 bits per heavy atom. The summed E-state index contributed by atoms with van der Waals surface area (Å²) in [5.74, 6) is -0.205. The molecule has 7 rings (SSSR count). The molecule has 3 saturated carbocycles. The van der Waals surface area contributed by atoms with Crippen LogP contribution in [-0.4, -0.2) is 93.4 Å². The van der Waals surface area contributed by atoms with E-state index in [-0.39, 0.29) is 31.0 Å². The smallest absolute Gasteiger partial charge is 0.408 e. The van der Waals surface area contributed by atoms with E-state index in [0.29, 0.717) is 67.9 Å². The summed E-state index contributed by atoms with van der Waals surface area (Å²) in [6.45, 7) is 11.4. The van der Waals surface area contributed by atoms with Crippen molar-refractivity contribution in [2.45, 2.75) is 116 Å². The zero-order valence-corrected chi connectivity index (χ0v) is 34.4. The summed E-state index contributed by atoms with van der Waals surface area (Å²) >= 11 is 8.00. The van der Waals surface area contributed by atoms with Gasteiger partial charge in [0, 0.05) is 30.0 Å². The Bertz CT molecular complexity index is 2030. The molecule has 4 N–H and O–H groups in total. The summed E-state index contributed by atoms with van der Waals surface area (Å²) in [5, 5.41) is 20.4. The van der Waals surface area contributed by atoms with Gasteiger partial charge in [0.1, 0.15) is 51.4 Å². The van der Waals surface area contributed by atoms with Crippen LogP contribution in [0.3, 0.4) is 0 Å². The molecule has 0 spiro atoms.